The zero-order valence-corrected chi connectivity index (χ0v) is 20.7. The number of aromatic nitrogens is 1. The molecule has 0 radical (unpaired) electrons. The Balaban J connectivity index is 0.000000898. The van der Waals surface area contributed by atoms with Crippen LogP contribution < -0.4 is 5.32 Å². The number of fused-ring (bicyclic) bond motifs is 1. The number of carbonyl (C=O) groups is 3. The van der Waals surface area contributed by atoms with Gasteiger partial charge in [0.2, 0.25) is 0 Å². The monoisotopic (exact) mass is 504 g/mol. The van der Waals surface area contributed by atoms with E-state index < -0.39 is 6.04 Å². The average molecular weight is 505 g/mol. The largest absolute Gasteiger partial charge is 0.483 e. The molecule has 0 aliphatic rings. The summed E-state index contributed by atoms with van der Waals surface area (Å²) in [7, 11) is 1.00. The fourth-order valence-corrected chi connectivity index (χ4v) is 3.84. The van der Waals surface area contributed by atoms with Gasteiger partial charge in [-0.25, -0.2) is 0 Å². The summed E-state index contributed by atoms with van der Waals surface area (Å²) < 4.78 is 7.57. The third-order valence-electron chi connectivity index (χ3n) is 5.47. The number of nitrogens with one attached hydrogen (secondary N) is 1. The Kier molecular flexibility index (Phi) is 12.8. The van der Waals surface area contributed by atoms with E-state index in [1.54, 1.807) is 0 Å². The van der Waals surface area contributed by atoms with Gasteiger partial charge in [-0.1, -0.05) is 78.9 Å². The molecule has 0 aliphatic carbocycles. The molecule has 1 atom stereocenters. The van der Waals surface area contributed by atoms with Crippen LogP contribution in [0.5, 0.6) is 0 Å². The van der Waals surface area contributed by atoms with Crippen LogP contribution in [0.1, 0.15) is 16.7 Å². The highest BCUT2D eigenvalue weighted by atomic mass is 16.5. The summed E-state index contributed by atoms with van der Waals surface area (Å²) in [5.74, 6) is -0.294. The van der Waals surface area contributed by atoms with E-state index in [0.717, 1.165) is 41.0 Å². The van der Waals surface area contributed by atoms with Gasteiger partial charge >= 0.3 is 5.97 Å². The van der Waals surface area contributed by atoms with Crippen molar-refractivity contribution in [1.29, 1.82) is 0 Å². The molecule has 1 heterocycles. The fraction of sp³-hybridized carbons (Fsp3) is 0.207. The summed E-state index contributed by atoms with van der Waals surface area (Å²) >= 11 is 0. The standard InChI is InChI=1S/C27H26N2O3.CH2O2.CH4O/c30-16-15-29-19-23(24-13-7-8-14-26(24)29)17-25(28-18-21-9-3-1-4-10-21)27(31)32-20-22-11-5-2-6-12-22;2-1-3;1-2/h1-14,16,19,25,28H,15,17-18,20H2;1H,(H,2,3);2H,1H3. The van der Waals surface area contributed by atoms with Crippen molar-refractivity contribution in [3.8, 4) is 0 Å². The van der Waals surface area contributed by atoms with Gasteiger partial charge in [0, 0.05) is 37.2 Å². The lowest BCUT2D eigenvalue weighted by molar-refractivity contribution is -0.147. The molecule has 0 amide bonds. The van der Waals surface area contributed by atoms with E-state index in [2.05, 4.69) is 5.32 Å². The van der Waals surface area contributed by atoms with E-state index in [1.165, 1.54) is 0 Å². The second-order valence-electron chi connectivity index (χ2n) is 7.81. The molecule has 8 heteroatoms. The van der Waals surface area contributed by atoms with E-state index in [-0.39, 0.29) is 25.6 Å². The number of para-hydroxylation sites is 1. The van der Waals surface area contributed by atoms with Crippen LogP contribution in [0.3, 0.4) is 0 Å². The summed E-state index contributed by atoms with van der Waals surface area (Å²) in [5.41, 5.74) is 4.03. The van der Waals surface area contributed by atoms with Gasteiger partial charge in [-0.05, 0) is 22.8 Å². The number of nitrogens with zero attached hydrogens (tertiary/aromatic N) is 1. The summed E-state index contributed by atoms with van der Waals surface area (Å²) in [5, 5.41) is 18.3. The van der Waals surface area contributed by atoms with Gasteiger partial charge in [-0.2, -0.15) is 0 Å². The number of ether oxygens (including phenoxy) is 1. The number of carbonyl (C=O) groups excluding carboxylic acids is 2. The Bertz CT molecular complexity index is 1230. The number of esters is 1. The van der Waals surface area contributed by atoms with Crippen molar-refractivity contribution in [3.05, 3.63) is 108 Å². The van der Waals surface area contributed by atoms with Gasteiger partial charge in [0.15, 0.2) is 0 Å². The highest BCUT2D eigenvalue weighted by molar-refractivity contribution is 5.86. The molecule has 4 rings (SSSR count). The molecule has 0 saturated heterocycles. The maximum Gasteiger partial charge on any atom is 0.323 e. The Hall–Kier alpha value is -4.27. The first-order valence-electron chi connectivity index (χ1n) is 11.7. The van der Waals surface area contributed by atoms with E-state index in [9.17, 15) is 9.59 Å². The molecule has 194 valence electrons. The van der Waals surface area contributed by atoms with Crippen molar-refractivity contribution in [1.82, 2.24) is 9.88 Å². The highest BCUT2D eigenvalue weighted by Gasteiger charge is 2.22. The first kappa shape index (κ1) is 29.0. The Labute approximate surface area is 216 Å². The minimum Gasteiger partial charge on any atom is -0.483 e. The molecule has 3 N–H and O–H groups in total. The predicted octanol–water partition coefficient (Wildman–Crippen LogP) is 3.59. The Morgan fingerprint density at radius 2 is 1.49 bits per heavy atom. The number of aliphatic hydroxyl groups excluding tert-OH is 1. The molecular weight excluding hydrogens is 472 g/mol. The third kappa shape index (κ3) is 9.03. The van der Waals surface area contributed by atoms with Gasteiger partial charge in [-0.3, -0.25) is 9.59 Å². The van der Waals surface area contributed by atoms with Crippen LogP contribution in [-0.4, -0.2) is 46.7 Å². The maximum absolute atomic E-state index is 13.1. The number of rotatable bonds is 10. The molecule has 0 fully saturated rings. The number of hydrogen-bond donors (Lipinski definition) is 3. The smallest absolute Gasteiger partial charge is 0.323 e. The number of benzene rings is 3. The number of aldehydes is 1. The molecule has 1 aromatic heterocycles. The predicted molar refractivity (Wildman–Crippen MR) is 142 cm³/mol. The molecule has 0 spiro atoms. The van der Waals surface area contributed by atoms with Gasteiger partial charge in [-0.15, -0.1) is 0 Å². The Morgan fingerprint density at radius 3 is 2.11 bits per heavy atom. The third-order valence-corrected chi connectivity index (χ3v) is 5.47. The number of hydrogen-bond acceptors (Lipinski definition) is 6. The quantitative estimate of drug-likeness (QED) is 0.223. The zero-order valence-electron chi connectivity index (χ0n) is 20.7. The van der Waals surface area contributed by atoms with Crippen LogP contribution in [0.2, 0.25) is 0 Å². The van der Waals surface area contributed by atoms with E-state index in [1.807, 2.05) is 95.7 Å². The SMILES string of the molecule is CO.O=CCn1cc(CC(NCc2ccccc2)C(=O)OCc2ccccc2)c2ccccc21.O=CO. The lowest BCUT2D eigenvalue weighted by atomic mass is 10.0. The summed E-state index contributed by atoms with van der Waals surface area (Å²) in [6, 6.07) is 27.0. The van der Waals surface area contributed by atoms with Gasteiger partial charge < -0.3 is 29.6 Å². The lowest BCUT2D eigenvalue weighted by Gasteiger charge is -2.18. The van der Waals surface area contributed by atoms with Crippen LogP contribution in [0, 0.1) is 0 Å². The van der Waals surface area contributed by atoms with Gasteiger partial charge in [0.1, 0.15) is 18.9 Å². The first-order chi connectivity index (χ1) is 18.2. The van der Waals surface area contributed by atoms with Gasteiger partial charge in [0.05, 0.1) is 6.54 Å². The number of carboxylic acid groups (broad SMARTS) is 1. The van der Waals surface area contributed by atoms with E-state index in [4.69, 9.17) is 19.7 Å². The molecule has 4 aromatic rings. The van der Waals surface area contributed by atoms with Crippen LogP contribution in [-0.2, 0) is 45.2 Å². The summed E-state index contributed by atoms with van der Waals surface area (Å²) in [6.45, 7) is 0.816. The Morgan fingerprint density at radius 1 is 0.919 bits per heavy atom. The van der Waals surface area contributed by atoms with E-state index in [0.29, 0.717) is 13.0 Å². The minimum atomic E-state index is -0.519. The normalized spacial score (nSPS) is 10.8. The highest BCUT2D eigenvalue weighted by Crippen LogP contribution is 2.23. The molecule has 0 aliphatic heterocycles. The van der Waals surface area contributed by atoms with Crippen molar-refractivity contribution < 1.29 is 29.3 Å². The van der Waals surface area contributed by atoms with Crippen LogP contribution in [0.4, 0.5) is 0 Å². The van der Waals surface area contributed by atoms with Crippen molar-refractivity contribution in [3.63, 3.8) is 0 Å². The fourth-order valence-electron chi connectivity index (χ4n) is 3.84. The van der Waals surface area contributed by atoms with Crippen molar-refractivity contribution in [2.75, 3.05) is 7.11 Å². The summed E-state index contributed by atoms with van der Waals surface area (Å²) in [6.07, 6.45) is 3.31. The molecule has 8 nitrogen and oxygen atoms in total. The molecular formula is C29H32N2O6. The van der Waals surface area contributed by atoms with Crippen molar-refractivity contribution in [2.24, 2.45) is 0 Å². The second-order valence-corrected chi connectivity index (χ2v) is 7.81. The lowest BCUT2D eigenvalue weighted by Crippen LogP contribution is -2.39. The molecule has 0 bridgehead atoms. The first-order valence-corrected chi connectivity index (χ1v) is 11.7. The number of aliphatic hydroxyl groups is 1. The van der Waals surface area contributed by atoms with Crippen LogP contribution >= 0.6 is 0 Å². The molecule has 0 saturated carbocycles. The molecule has 3 aromatic carbocycles. The molecule has 37 heavy (non-hydrogen) atoms. The van der Waals surface area contributed by atoms with Gasteiger partial charge in [0.25, 0.3) is 6.47 Å². The topological polar surface area (TPSA) is 118 Å². The summed E-state index contributed by atoms with van der Waals surface area (Å²) in [4.78, 5) is 32.6. The molecule has 1 unspecified atom stereocenters. The zero-order chi connectivity index (χ0) is 26.9. The van der Waals surface area contributed by atoms with Crippen molar-refractivity contribution in [2.45, 2.75) is 32.2 Å². The average Bonchev–Trinajstić information content (AvgIpc) is 3.29. The maximum atomic E-state index is 13.1. The second kappa shape index (κ2) is 16.4. The van der Waals surface area contributed by atoms with E-state index >= 15 is 0 Å². The minimum absolute atomic E-state index is 0.232. The van der Waals surface area contributed by atoms with Crippen LogP contribution in [0.15, 0.2) is 91.1 Å². The van der Waals surface area contributed by atoms with Crippen molar-refractivity contribution >= 4 is 29.6 Å². The van der Waals surface area contributed by atoms with Crippen LogP contribution in [0.25, 0.3) is 10.9 Å².